The molecule has 3 heteroatoms. The molecule has 0 spiro atoms. The van der Waals surface area contributed by atoms with E-state index in [2.05, 4.69) is 16.5 Å². The van der Waals surface area contributed by atoms with Gasteiger partial charge in [0.25, 0.3) is 0 Å². The number of hydrogen-bond acceptors (Lipinski definition) is 2. The maximum atomic E-state index is 9.16. The molecular weight excluding hydrogens is 188 g/mol. The number of rotatable bonds is 3. The molecule has 1 fully saturated rings. The molecule has 1 heterocycles. The summed E-state index contributed by atoms with van der Waals surface area (Å²) in [6, 6.07) is 0. The highest BCUT2D eigenvalue weighted by Gasteiger charge is 2.27. The molecule has 1 saturated carbocycles. The van der Waals surface area contributed by atoms with Crippen LogP contribution in [-0.4, -0.2) is 14.7 Å². The van der Waals surface area contributed by atoms with Crippen LogP contribution >= 0.6 is 0 Å². The van der Waals surface area contributed by atoms with Crippen LogP contribution in [0.15, 0.2) is 12.5 Å². The highest BCUT2D eigenvalue weighted by Crippen LogP contribution is 2.37. The summed E-state index contributed by atoms with van der Waals surface area (Å²) in [6.07, 6.45) is 10.3. The standard InChI is InChI=1S/C12H20N2O/c1-12(5-3-2-4-6-12)9-14-10-13-7-11(14)8-15/h7,10,15H,2-6,8-9H2,1H3. The normalized spacial score (nSPS) is 20.4. The molecule has 84 valence electrons. The van der Waals surface area contributed by atoms with Crippen molar-refractivity contribution in [2.75, 3.05) is 0 Å². The van der Waals surface area contributed by atoms with Crippen molar-refractivity contribution in [2.45, 2.75) is 52.2 Å². The summed E-state index contributed by atoms with van der Waals surface area (Å²) in [5.74, 6) is 0. The third-order valence-corrected chi connectivity index (χ3v) is 3.57. The van der Waals surface area contributed by atoms with Crippen molar-refractivity contribution in [3.8, 4) is 0 Å². The van der Waals surface area contributed by atoms with Gasteiger partial charge in [-0.05, 0) is 18.3 Å². The van der Waals surface area contributed by atoms with Crippen molar-refractivity contribution in [1.82, 2.24) is 9.55 Å². The van der Waals surface area contributed by atoms with Crippen molar-refractivity contribution in [2.24, 2.45) is 5.41 Å². The van der Waals surface area contributed by atoms with E-state index in [1.807, 2.05) is 6.33 Å². The first-order valence-electron chi connectivity index (χ1n) is 5.83. The van der Waals surface area contributed by atoms with E-state index < -0.39 is 0 Å². The number of nitrogens with zero attached hydrogens (tertiary/aromatic N) is 2. The van der Waals surface area contributed by atoms with Crippen LogP contribution in [-0.2, 0) is 13.2 Å². The number of hydrogen-bond donors (Lipinski definition) is 1. The van der Waals surface area contributed by atoms with Gasteiger partial charge >= 0.3 is 0 Å². The molecule has 3 nitrogen and oxygen atoms in total. The molecule has 1 aliphatic rings. The van der Waals surface area contributed by atoms with Crippen LogP contribution in [0.2, 0.25) is 0 Å². The average Bonchev–Trinajstić information content (AvgIpc) is 2.65. The Balaban J connectivity index is 2.06. The molecule has 0 aromatic carbocycles. The van der Waals surface area contributed by atoms with Crippen LogP contribution in [0.3, 0.4) is 0 Å². The summed E-state index contributed by atoms with van der Waals surface area (Å²) >= 11 is 0. The van der Waals surface area contributed by atoms with Gasteiger partial charge in [-0.2, -0.15) is 0 Å². The quantitative estimate of drug-likeness (QED) is 0.828. The minimum atomic E-state index is 0.0933. The predicted molar refractivity (Wildman–Crippen MR) is 59.3 cm³/mol. The third kappa shape index (κ3) is 2.40. The number of aliphatic hydroxyl groups is 1. The summed E-state index contributed by atoms with van der Waals surface area (Å²) in [6.45, 7) is 3.45. The van der Waals surface area contributed by atoms with Crippen molar-refractivity contribution < 1.29 is 5.11 Å². The zero-order valence-corrected chi connectivity index (χ0v) is 9.45. The van der Waals surface area contributed by atoms with E-state index in [9.17, 15) is 0 Å². The van der Waals surface area contributed by atoms with Gasteiger partial charge in [0.2, 0.25) is 0 Å². The summed E-state index contributed by atoms with van der Waals surface area (Å²) < 4.78 is 2.10. The molecule has 0 bridgehead atoms. The van der Waals surface area contributed by atoms with Crippen molar-refractivity contribution in [3.63, 3.8) is 0 Å². The summed E-state index contributed by atoms with van der Waals surface area (Å²) in [7, 11) is 0. The maximum absolute atomic E-state index is 9.16. The first kappa shape index (κ1) is 10.7. The first-order chi connectivity index (χ1) is 7.23. The molecule has 1 aromatic rings. The Hall–Kier alpha value is -0.830. The second-order valence-corrected chi connectivity index (χ2v) is 5.04. The zero-order valence-electron chi connectivity index (χ0n) is 9.45. The second kappa shape index (κ2) is 4.35. The number of aliphatic hydroxyl groups excluding tert-OH is 1. The van der Waals surface area contributed by atoms with E-state index in [4.69, 9.17) is 5.11 Å². The molecule has 0 unspecified atom stereocenters. The fourth-order valence-corrected chi connectivity index (χ4v) is 2.60. The molecule has 1 N–H and O–H groups in total. The van der Waals surface area contributed by atoms with E-state index >= 15 is 0 Å². The molecule has 0 saturated heterocycles. The fraction of sp³-hybridized carbons (Fsp3) is 0.750. The van der Waals surface area contributed by atoms with Gasteiger partial charge in [0, 0.05) is 6.54 Å². The Bertz CT molecular complexity index is 313. The summed E-state index contributed by atoms with van der Waals surface area (Å²) in [4.78, 5) is 4.09. The minimum Gasteiger partial charge on any atom is -0.390 e. The number of aromatic nitrogens is 2. The largest absolute Gasteiger partial charge is 0.390 e. The lowest BCUT2D eigenvalue weighted by Gasteiger charge is -2.34. The van der Waals surface area contributed by atoms with Crippen molar-refractivity contribution in [1.29, 1.82) is 0 Å². The van der Waals surface area contributed by atoms with Gasteiger partial charge in [-0.1, -0.05) is 26.2 Å². The van der Waals surface area contributed by atoms with Crippen molar-refractivity contribution >= 4 is 0 Å². The van der Waals surface area contributed by atoms with Gasteiger partial charge in [0.1, 0.15) is 0 Å². The van der Waals surface area contributed by atoms with Gasteiger partial charge in [-0.25, -0.2) is 4.98 Å². The molecule has 0 atom stereocenters. The Kier molecular flexibility index (Phi) is 3.10. The SMILES string of the molecule is CC1(Cn2cncc2CO)CCCCC1. The van der Waals surface area contributed by atoms with Gasteiger partial charge in [0.15, 0.2) is 0 Å². The van der Waals surface area contributed by atoms with Crippen LogP contribution in [0.1, 0.15) is 44.7 Å². The van der Waals surface area contributed by atoms with E-state index in [0.717, 1.165) is 12.2 Å². The Morgan fingerprint density at radius 3 is 2.80 bits per heavy atom. The Morgan fingerprint density at radius 1 is 1.40 bits per heavy atom. The lowest BCUT2D eigenvalue weighted by atomic mass is 9.75. The molecule has 1 aromatic heterocycles. The topological polar surface area (TPSA) is 38.0 Å². The van der Waals surface area contributed by atoms with Gasteiger partial charge < -0.3 is 9.67 Å². The smallest absolute Gasteiger partial charge is 0.0949 e. The van der Waals surface area contributed by atoms with E-state index in [0.29, 0.717) is 5.41 Å². The Labute approximate surface area is 91.1 Å². The molecule has 0 aliphatic heterocycles. The maximum Gasteiger partial charge on any atom is 0.0949 e. The van der Waals surface area contributed by atoms with Crippen molar-refractivity contribution in [3.05, 3.63) is 18.2 Å². The highest BCUT2D eigenvalue weighted by molar-refractivity contribution is 4.97. The van der Waals surface area contributed by atoms with Gasteiger partial charge in [0.05, 0.1) is 24.8 Å². The van der Waals surface area contributed by atoms with Gasteiger partial charge in [-0.3, -0.25) is 0 Å². The van der Waals surface area contributed by atoms with Crippen LogP contribution in [0, 0.1) is 5.41 Å². The lowest BCUT2D eigenvalue weighted by molar-refractivity contribution is 0.176. The van der Waals surface area contributed by atoms with Crippen LogP contribution in [0.25, 0.3) is 0 Å². The lowest BCUT2D eigenvalue weighted by Crippen LogP contribution is -2.26. The average molecular weight is 208 g/mol. The van der Waals surface area contributed by atoms with Crippen LogP contribution in [0.4, 0.5) is 0 Å². The van der Waals surface area contributed by atoms with Crippen LogP contribution < -0.4 is 0 Å². The fourth-order valence-electron chi connectivity index (χ4n) is 2.60. The summed E-state index contributed by atoms with van der Waals surface area (Å²) in [5, 5.41) is 9.16. The highest BCUT2D eigenvalue weighted by atomic mass is 16.3. The molecule has 0 amide bonds. The minimum absolute atomic E-state index is 0.0933. The van der Waals surface area contributed by atoms with E-state index in [1.54, 1.807) is 6.20 Å². The molecule has 2 rings (SSSR count). The Morgan fingerprint density at radius 2 is 2.13 bits per heavy atom. The molecule has 1 aliphatic carbocycles. The molecule has 15 heavy (non-hydrogen) atoms. The monoisotopic (exact) mass is 208 g/mol. The number of imidazole rings is 1. The molecular formula is C12H20N2O. The molecule has 0 radical (unpaired) electrons. The second-order valence-electron chi connectivity index (χ2n) is 5.04. The van der Waals surface area contributed by atoms with Gasteiger partial charge in [-0.15, -0.1) is 0 Å². The predicted octanol–water partition coefficient (Wildman–Crippen LogP) is 2.35. The van der Waals surface area contributed by atoms with E-state index in [1.165, 1.54) is 32.1 Å². The van der Waals surface area contributed by atoms with E-state index in [-0.39, 0.29) is 6.61 Å². The first-order valence-corrected chi connectivity index (χ1v) is 5.83. The van der Waals surface area contributed by atoms with Crippen LogP contribution in [0.5, 0.6) is 0 Å². The summed E-state index contributed by atoms with van der Waals surface area (Å²) in [5.41, 5.74) is 1.34. The zero-order chi connectivity index (χ0) is 10.7. The third-order valence-electron chi connectivity index (χ3n) is 3.57.